The highest BCUT2D eigenvalue weighted by Gasteiger charge is 2.43. The van der Waals surface area contributed by atoms with E-state index in [1.807, 2.05) is 0 Å². The molecular weight excluding hydrogens is 240 g/mol. The zero-order chi connectivity index (χ0) is 13.3. The van der Waals surface area contributed by atoms with E-state index in [4.69, 9.17) is 4.74 Å². The van der Waals surface area contributed by atoms with Crippen LogP contribution in [0.2, 0.25) is 0 Å². The Labute approximate surface area is 102 Å². The van der Waals surface area contributed by atoms with Crippen molar-refractivity contribution in [1.82, 2.24) is 9.97 Å². The molecule has 2 rings (SSSR count). The van der Waals surface area contributed by atoms with Gasteiger partial charge in [-0.25, -0.2) is 4.79 Å². The van der Waals surface area contributed by atoms with Crippen molar-refractivity contribution in [3.63, 3.8) is 0 Å². The Morgan fingerprint density at radius 2 is 2.22 bits per heavy atom. The Kier molecular flexibility index (Phi) is 3.65. The molecule has 0 amide bonds. The molecule has 1 aliphatic carbocycles. The Morgan fingerprint density at radius 3 is 2.72 bits per heavy atom. The van der Waals surface area contributed by atoms with Crippen LogP contribution in [0, 0.1) is 5.92 Å². The SMILES string of the molecule is COC1[C@@H](CO)C[C@@H](c2c[nH]c(=O)[nH]c2=O)[C@H]1O. The summed E-state index contributed by atoms with van der Waals surface area (Å²) in [6.07, 6.45) is 0.359. The summed E-state index contributed by atoms with van der Waals surface area (Å²) in [6.45, 7) is -0.118. The maximum absolute atomic E-state index is 11.7. The molecule has 1 aliphatic rings. The van der Waals surface area contributed by atoms with Crippen LogP contribution < -0.4 is 11.2 Å². The van der Waals surface area contributed by atoms with Gasteiger partial charge in [0.25, 0.3) is 5.56 Å². The number of hydrogen-bond acceptors (Lipinski definition) is 5. The molecule has 0 bridgehead atoms. The van der Waals surface area contributed by atoms with E-state index in [9.17, 15) is 19.8 Å². The standard InChI is InChI=1S/C11H16N2O5/c1-18-9-5(4-14)2-6(8(9)15)7-3-12-11(17)13-10(7)16/h3,5-6,8-9,14-15H,2,4H2,1H3,(H2,12,13,16,17)/t5-,6+,8-,9?/m1/s1. The van der Waals surface area contributed by atoms with E-state index in [2.05, 4.69) is 9.97 Å². The van der Waals surface area contributed by atoms with Gasteiger partial charge in [-0.3, -0.25) is 9.78 Å². The van der Waals surface area contributed by atoms with Crippen molar-refractivity contribution in [3.8, 4) is 0 Å². The zero-order valence-electron chi connectivity index (χ0n) is 9.92. The van der Waals surface area contributed by atoms with E-state index in [0.717, 1.165) is 0 Å². The largest absolute Gasteiger partial charge is 0.396 e. The van der Waals surface area contributed by atoms with Crippen LogP contribution in [0.5, 0.6) is 0 Å². The van der Waals surface area contributed by atoms with Gasteiger partial charge in [-0.2, -0.15) is 0 Å². The van der Waals surface area contributed by atoms with Crippen LogP contribution in [0.3, 0.4) is 0 Å². The minimum atomic E-state index is -0.876. The fraction of sp³-hybridized carbons (Fsp3) is 0.636. The van der Waals surface area contributed by atoms with E-state index in [1.165, 1.54) is 13.3 Å². The molecule has 1 heterocycles. The Morgan fingerprint density at radius 1 is 1.50 bits per heavy atom. The summed E-state index contributed by atoms with van der Waals surface area (Å²) >= 11 is 0. The summed E-state index contributed by atoms with van der Waals surface area (Å²) in [4.78, 5) is 27.1. The fourth-order valence-electron chi connectivity index (χ4n) is 2.62. The molecule has 1 aromatic rings. The maximum atomic E-state index is 11.7. The van der Waals surface area contributed by atoms with Gasteiger partial charge in [0, 0.05) is 37.3 Å². The first-order chi connectivity index (χ1) is 8.58. The number of H-pyrrole nitrogens is 2. The molecule has 1 fully saturated rings. The molecule has 4 atom stereocenters. The predicted molar refractivity (Wildman–Crippen MR) is 62.4 cm³/mol. The van der Waals surface area contributed by atoms with Gasteiger partial charge in [0.2, 0.25) is 0 Å². The van der Waals surface area contributed by atoms with Gasteiger partial charge >= 0.3 is 5.69 Å². The zero-order valence-corrected chi connectivity index (χ0v) is 9.92. The highest BCUT2D eigenvalue weighted by molar-refractivity contribution is 5.17. The van der Waals surface area contributed by atoms with Crippen LogP contribution in [-0.2, 0) is 4.74 Å². The molecular formula is C11H16N2O5. The highest BCUT2D eigenvalue weighted by atomic mass is 16.5. The number of aliphatic hydroxyl groups excluding tert-OH is 2. The lowest BCUT2D eigenvalue weighted by molar-refractivity contribution is -0.0277. The number of aromatic amines is 2. The van der Waals surface area contributed by atoms with Crippen LogP contribution in [0.4, 0.5) is 0 Å². The average Bonchev–Trinajstić information content (AvgIpc) is 2.66. The number of rotatable bonds is 3. The minimum Gasteiger partial charge on any atom is -0.396 e. The van der Waals surface area contributed by atoms with E-state index in [-0.39, 0.29) is 12.5 Å². The van der Waals surface area contributed by atoms with Crippen molar-refractivity contribution in [2.24, 2.45) is 5.92 Å². The predicted octanol–water partition coefficient (Wildman–Crippen LogP) is -1.47. The highest BCUT2D eigenvalue weighted by Crippen LogP contribution is 2.38. The molecule has 0 spiro atoms. The molecule has 0 aliphatic heterocycles. The molecule has 7 heteroatoms. The van der Waals surface area contributed by atoms with Crippen LogP contribution in [-0.4, -0.2) is 46.1 Å². The van der Waals surface area contributed by atoms with Crippen molar-refractivity contribution in [2.45, 2.75) is 24.5 Å². The normalized spacial score (nSPS) is 31.7. The monoisotopic (exact) mass is 256 g/mol. The van der Waals surface area contributed by atoms with Gasteiger partial charge < -0.3 is 19.9 Å². The Bertz CT molecular complexity index is 523. The molecule has 7 nitrogen and oxygen atoms in total. The second kappa shape index (κ2) is 5.05. The molecule has 1 aromatic heterocycles. The smallest absolute Gasteiger partial charge is 0.325 e. The number of aliphatic hydroxyl groups is 2. The van der Waals surface area contributed by atoms with Gasteiger partial charge in [0.05, 0.1) is 12.2 Å². The van der Waals surface area contributed by atoms with E-state index >= 15 is 0 Å². The summed E-state index contributed by atoms with van der Waals surface area (Å²) in [5.74, 6) is -0.672. The second-order valence-corrected chi connectivity index (χ2v) is 4.50. The second-order valence-electron chi connectivity index (χ2n) is 4.50. The topological polar surface area (TPSA) is 115 Å². The lowest BCUT2D eigenvalue weighted by atomic mass is 9.97. The van der Waals surface area contributed by atoms with Crippen molar-refractivity contribution in [1.29, 1.82) is 0 Å². The molecule has 18 heavy (non-hydrogen) atoms. The van der Waals surface area contributed by atoms with Gasteiger partial charge in [-0.05, 0) is 6.42 Å². The molecule has 4 N–H and O–H groups in total. The lowest BCUT2D eigenvalue weighted by Gasteiger charge is -2.19. The van der Waals surface area contributed by atoms with Crippen molar-refractivity contribution < 1.29 is 14.9 Å². The molecule has 0 saturated heterocycles. The van der Waals surface area contributed by atoms with Gasteiger partial charge in [0.15, 0.2) is 0 Å². The summed E-state index contributed by atoms with van der Waals surface area (Å²) in [7, 11) is 1.45. The average molecular weight is 256 g/mol. The fourth-order valence-corrected chi connectivity index (χ4v) is 2.62. The molecule has 0 aromatic carbocycles. The summed E-state index contributed by atoms with van der Waals surface area (Å²) in [5, 5.41) is 19.3. The summed E-state index contributed by atoms with van der Waals surface area (Å²) < 4.78 is 5.15. The first kappa shape index (κ1) is 13.0. The van der Waals surface area contributed by atoms with Crippen molar-refractivity contribution in [3.05, 3.63) is 32.6 Å². The molecule has 100 valence electrons. The Balaban J connectivity index is 2.34. The van der Waals surface area contributed by atoms with Crippen LogP contribution >= 0.6 is 0 Å². The van der Waals surface area contributed by atoms with Gasteiger partial charge in [-0.15, -0.1) is 0 Å². The van der Waals surface area contributed by atoms with E-state index in [1.54, 1.807) is 0 Å². The number of ether oxygens (including phenoxy) is 1. The molecule has 1 saturated carbocycles. The number of aromatic nitrogens is 2. The number of methoxy groups -OCH3 is 1. The molecule has 1 unspecified atom stereocenters. The first-order valence-corrected chi connectivity index (χ1v) is 5.72. The Hall–Kier alpha value is -1.44. The first-order valence-electron chi connectivity index (χ1n) is 5.72. The number of nitrogens with one attached hydrogen (secondary N) is 2. The third-order valence-electron chi connectivity index (χ3n) is 3.52. The van der Waals surface area contributed by atoms with Crippen LogP contribution in [0.1, 0.15) is 17.9 Å². The van der Waals surface area contributed by atoms with Crippen molar-refractivity contribution in [2.75, 3.05) is 13.7 Å². The lowest BCUT2D eigenvalue weighted by Crippen LogP contribution is -2.33. The summed E-state index contributed by atoms with van der Waals surface area (Å²) in [5.41, 5.74) is -0.797. The number of hydrogen-bond donors (Lipinski definition) is 4. The van der Waals surface area contributed by atoms with Crippen molar-refractivity contribution >= 4 is 0 Å². The minimum absolute atomic E-state index is 0.118. The third-order valence-corrected chi connectivity index (χ3v) is 3.52. The van der Waals surface area contributed by atoms with Gasteiger partial charge in [-0.1, -0.05) is 0 Å². The summed E-state index contributed by atoms with van der Waals surface area (Å²) in [6, 6.07) is 0. The van der Waals surface area contributed by atoms with Crippen LogP contribution in [0.15, 0.2) is 15.8 Å². The van der Waals surface area contributed by atoms with E-state index < -0.39 is 29.4 Å². The third kappa shape index (κ3) is 2.12. The maximum Gasteiger partial charge on any atom is 0.325 e. The van der Waals surface area contributed by atoms with Gasteiger partial charge in [0.1, 0.15) is 0 Å². The quantitative estimate of drug-likeness (QED) is 0.527. The van der Waals surface area contributed by atoms with E-state index in [0.29, 0.717) is 12.0 Å². The van der Waals surface area contributed by atoms with Crippen LogP contribution in [0.25, 0.3) is 0 Å². The molecule has 0 radical (unpaired) electrons.